The summed E-state index contributed by atoms with van der Waals surface area (Å²) in [6, 6.07) is 11.0. The third kappa shape index (κ3) is 3.91. The van der Waals surface area contributed by atoms with Crippen LogP contribution in [-0.4, -0.2) is 51.6 Å². The average Bonchev–Trinajstić information content (AvgIpc) is 3.20. The van der Waals surface area contributed by atoms with E-state index in [2.05, 4.69) is 77.0 Å². The van der Waals surface area contributed by atoms with Crippen molar-refractivity contribution >= 4 is 17.3 Å². The van der Waals surface area contributed by atoms with Crippen LogP contribution in [0.2, 0.25) is 0 Å². The minimum Gasteiger partial charge on any atom is -0.352 e. The quantitative estimate of drug-likeness (QED) is 0.755. The predicted molar refractivity (Wildman–Crippen MR) is 110 cm³/mol. The Morgan fingerprint density at radius 3 is 2.69 bits per heavy atom. The van der Waals surface area contributed by atoms with Gasteiger partial charge in [0.1, 0.15) is 0 Å². The fraction of sp³-hybridized carbons (Fsp3) is 0.500. The number of hydrogen-bond acceptors (Lipinski definition) is 3. The Bertz CT molecular complexity index is 725. The van der Waals surface area contributed by atoms with E-state index in [-0.39, 0.29) is 12.1 Å². The van der Waals surface area contributed by atoms with E-state index < -0.39 is 0 Å². The zero-order chi connectivity index (χ0) is 18.7. The zero-order valence-corrected chi connectivity index (χ0v) is 16.9. The first kappa shape index (κ1) is 18.9. The van der Waals surface area contributed by atoms with Crippen LogP contribution in [-0.2, 0) is 0 Å². The molecule has 2 aromatic heterocycles. The first-order chi connectivity index (χ1) is 12.5. The number of thiocarbonyl (C=S) groups is 1. The van der Waals surface area contributed by atoms with Gasteiger partial charge in [0, 0.05) is 30.7 Å². The van der Waals surface area contributed by atoms with E-state index in [4.69, 9.17) is 12.2 Å². The maximum Gasteiger partial charge on any atom is 0.170 e. The van der Waals surface area contributed by atoms with Gasteiger partial charge >= 0.3 is 0 Å². The van der Waals surface area contributed by atoms with Crippen molar-refractivity contribution in [3.05, 3.63) is 54.1 Å². The number of nitrogens with zero attached hydrogens (tertiary/aromatic N) is 4. The molecular weight excluding hydrogens is 342 g/mol. The maximum absolute atomic E-state index is 5.72. The van der Waals surface area contributed by atoms with Crippen molar-refractivity contribution < 1.29 is 0 Å². The van der Waals surface area contributed by atoms with Gasteiger partial charge in [-0.2, -0.15) is 0 Å². The van der Waals surface area contributed by atoms with E-state index in [1.54, 1.807) is 0 Å². The molecule has 3 rings (SSSR count). The molecule has 1 aliphatic rings. The molecule has 2 aromatic rings. The zero-order valence-electron chi connectivity index (χ0n) is 16.1. The third-order valence-corrected chi connectivity index (χ3v) is 5.23. The second kappa shape index (κ2) is 8.18. The molecule has 140 valence electrons. The molecule has 6 heteroatoms. The summed E-state index contributed by atoms with van der Waals surface area (Å²) in [5, 5.41) is 4.35. The Balaban J connectivity index is 1.95. The molecule has 0 aliphatic carbocycles. The highest BCUT2D eigenvalue weighted by Gasteiger charge is 2.40. The molecule has 1 aliphatic heterocycles. The van der Waals surface area contributed by atoms with Crippen LogP contribution in [0.1, 0.15) is 49.8 Å². The van der Waals surface area contributed by atoms with Gasteiger partial charge in [0.25, 0.3) is 0 Å². The molecule has 1 saturated heterocycles. The summed E-state index contributed by atoms with van der Waals surface area (Å²) < 4.78 is 2.34. The second-order valence-electron chi connectivity index (χ2n) is 7.41. The van der Waals surface area contributed by atoms with Crippen LogP contribution in [0, 0.1) is 0 Å². The lowest BCUT2D eigenvalue weighted by Crippen LogP contribution is -2.33. The van der Waals surface area contributed by atoms with Crippen LogP contribution >= 0.6 is 12.2 Å². The van der Waals surface area contributed by atoms with E-state index in [0.29, 0.717) is 6.04 Å². The fourth-order valence-electron chi connectivity index (χ4n) is 3.65. The van der Waals surface area contributed by atoms with Gasteiger partial charge in [0.15, 0.2) is 5.11 Å². The Kier molecular flexibility index (Phi) is 5.94. The summed E-state index contributed by atoms with van der Waals surface area (Å²) in [7, 11) is 4.22. The van der Waals surface area contributed by atoms with Crippen LogP contribution in [0.3, 0.4) is 0 Å². The van der Waals surface area contributed by atoms with Crippen LogP contribution in [0.4, 0.5) is 0 Å². The van der Waals surface area contributed by atoms with Gasteiger partial charge in [-0.3, -0.25) is 4.98 Å². The molecule has 0 amide bonds. The summed E-state index contributed by atoms with van der Waals surface area (Å²) in [5.74, 6) is 0. The van der Waals surface area contributed by atoms with Gasteiger partial charge in [-0.15, -0.1) is 0 Å². The normalized spacial score (nSPS) is 20.2. The smallest absolute Gasteiger partial charge is 0.170 e. The molecule has 0 unspecified atom stereocenters. The fourth-order valence-corrected chi connectivity index (χ4v) is 3.98. The number of aromatic nitrogens is 2. The van der Waals surface area contributed by atoms with Crippen molar-refractivity contribution in [1.82, 2.24) is 24.7 Å². The van der Waals surface area contributed by atoms with E-state index in [0.717, 1.165) is 30.3 Å². The van der Waals surface area contributed by atoms with Crippen molar-refractivity contribution in [1.29, 1.82) is 0 Å². The lowest BCUT2D eigenvalue weighted by molar-refractivity contribution is 0.280. The minimum atomic E-state index is 0.0652. The summed E-state index contributed by atoms with van der Waals surface area (Å²) >= 11 is 5.72. The highest BCUT2D eigenvalue weighted by atomic mass is 32.1. The van der Waals surface area contributed by atoms with Crippen LogP contribution in [0.15, 0.2) is 42.7 Å². The molecule has 5 nitrogen and oxygen atoms in total. The minimum absolute atomic E-state index is 0.0652. The first-order valence-electron chi connectivity index (χ1n) is 9.28. The van der Waals surface area contributed by atoms with Crippen LogP contribution in [0.5, 0.6) is 0 Å². The molecule has 0 radical (unpaired) electrons. The van der Waals surface area contributed by atoms with Crippen molar-refractivity contribution in [2.24, 2.45) is 0 Å². The van der Waals surface area contributed by atoms with Gasteiger partial charge in [0.2, 0.25) is 0 Å². The molecule has 0 spiro atoms. The largest absolute Gasteiger partial charge is 0.352 e. The standard InChI is InChI=1S/C20H29N5S/c1-15(2)24-13-7-10-17(24)19-18(16-9-5-6-11-21-16)22-20(26)25(19)14-8-12-23(3)4/h5-7,9-11,13,15,18-19H,8,12,14H2,1-4H3,(H,22,26)/t18-,19-/m1/s1. The lowest BCUT2D eigenvalue weighted by atomic mass is 10.0. The summed E-state index contributed by atoms with van der Waals surface area (Å²) in [5.41, 5.74) is 2.32. The first-order valence-corrected chi connectivity index (χ1v) is 9.69. The van der Waals surface area contributed by atoms with Crippen molar-refractivity contribution in [2.75, 3.05) is 27.2 Å². The summed E-state index contributed by atoms with van der Waals surface area (Å²) in [6.07, 6.45) is 5.09. The van der Waals surface area contributed by atoms with E-state index in [1.807, 2.05) is 18.3 Å². The molecule has 0 bridgehead atoms. The lowest BCUT2D eigenvalue weighted by Gasteiger charge is -2.30. The Morgan fingerprint density at radius 2 is 2.04 bits per heavy atom. The predicted octanol–water partition coefficient (Wildman–Crippen LogP) is 3.39. The monoisotopic (exact) mass is 371 g/mol. The number of hydrogen-bond donors (Lipinski definition) is 1. The Hall–Kier alpha value is -1.92. The Morgan fingerprint density at radius 1 is 1.23 bits per heavy atom. The van der Waals surface area contributed by atoms with Crippen molar-refractivity contribution in [3.8, 4) is 0 Å². The van der Waals surface area contributed by atoms with Crippen LogP contribution in [0.25, 0.3) is 0 Å². The summed E-state index contributed by atoms with van der Waals surface area (Å²) in [6.45, 7) is 6.42. The third-order valence-electron chi connectivity index (χ3n) is 4.87. The van der Waals surface area contributed by atoms with Gasteiger partial charge in [-0.1, -0.05) is 6.07 Å². The van der Waals surface area contributed by atoms with E-state index in [1.165, 1.54) is 5.69 Å². The van der Waals surface area contributed by atoms with Gasteiger partial charge in [-0.25, -0.2) is 0 Å². The van der Waals surface area contributed by atoms with Crippen molar-refractivity contribution in [3.63, 3.8) is 0 Å². The SMILES string of the molecule is CC(C)n1cccc1[C@@H]1[C@@H](c2ccccn2)NC(=S)N1CCCN(C)C. The van der Waals surface area contributed by atoms with Crippen LogP contribution < -0.4 is 5.32 Å². The molecule has 1 N–H and O–H groups in total. The van der Waals surface area contributed by atoms with Gasteiger partial charge in [-0.05, 0) is 77.4 Å². The highest BCUT2D eigenvalue weighted by molar-refractivity contribution is 7.80. The second-order valence-corrected chi connectivity index (χ2v) is 7.80. The molecule has 0 aromatic carbocycles. The summed E-state index contributed by atoms with van der Waals surface area (Å²) in [4.78, 5) is 9.16. The molecule has 3 heterocycles. The Labute approximate surface area is 162 Å². The molecule has 1 fully saturated rings. The molecule has 2 atom stereocenters. The topological polar surface area (TPSA) is 36.3 Å². The number of pyridine rings is 1. The van der Waals surface area contributed by atoms with Crippen molar-refractivity contribution in [2.45, 2.75) is 38.4 Å². The van der Waals surface area contributed by atoms with Gasteiger partial charge in [0.05, 0.1) is 17.8 Å². The van der Waals surface area contributed by atoms with E-state index >= 15 is 0 Å². The molecular formula is C20H29N5S. The van der Waals surface area contributed by atoms with Gasteiger partial charge < -0.3 is 19.7 Å². The molecule has 26 heavy (non-hydrogen) atoms. The number of rotatable bonds is 7. The highest BCUT2D eigenvalue weighted by Crippen LogP contribution is 2.39. The molecule has 0 saturated carbocycles. The maximum atomic E-state index is 5.72. The average molecular weight is 372 g/mol. The van der Waals surface area contributed by atoms with E-state index in [9.17, 15) is 0 Å². The number of nitrogens with one attached hydrogen (secondary N) is 1.